The number of aromatic nitrogens is 5. The van der Waals surface area contributed by atoms with E-state index in [-0.39, 0.29) is 12.0 Å². The molecule has 1 fully saturated rings. The zero-order valence-corrected chi connectivity index (χ0v) is 13.5. The summed E-state index contributed by atoms with van der Waals surface area (Å²) in [4.78, 5) is 18.7. The summed E-state index contributed by atoms with van der Waals surface area (Å²) in [5, 5.41) is 11.3. The number of hydrogen-bond donors (Lipinski definition) is 1. The van der Waals surface area contributed by atoms with E-state index < -0.39 is 0 Å². The van der Waals surface area contributed by atoms with E-state index in [0.29, 0.717) is 31.9 Å². The van der Waals surface area contributed by atoms with Gasteiger partial charge < -0.3 is 9.64 Å². The topological polar surface area (TPSA) is 88.9 Å². The van der Waals surface area contributed by atoms with Crippen molar-refractivity contribution in [3.8, 4) is 0 Å². The van der Waals surface area contributed by atoms with Crippen LogP contribution in [0.25, 0.3) is 0 Å². The molecule has 3 heterocycles. The Labute approximate surface area is 134 Å². The number of aromatic amines is 1. The maximum Gasteiger partial charge on any atom is 0.227 e. The van der Waals surface area contributed by atoms with E-state index in [1.807, 2.05) is 18.1 Å². The quantitative estimate of drug-likeness (QED) is 0.873. The van der Waals surface area contributed by atoms with Crippen molar-refractivity contribution in [3.63, 3.8) is 0 Å². The van der Waals surface area contributed by atoms with E-state index in [1.165, 1.54) is 0 Å². The number of carbonyl (C=O) groups is 1. The zero-order valence-electron chi connectivity index (χ0n) is 13.5. The molecule has 0 aromatic carbocycles. The highest BCUT2D eigenvalue weighted by molar-refractivity contribution is 5.78. The van der Waals surface area contributed by atoms with E-state index in [4.69, 9.17) is 4.74 Å². The molecular formula is C15H22N6O2. The molecule has 0 radical (unpaired) electrons. The molecule has 0 bridgehead atoms. The second-order valence-electron chi connectivity index (χ2n) is 5.79. The lowest BCUT2D eigenvalue weighted by atomic mass is 10.2. The van der Waals surface area contributed by atoms with Crippen LogP contribution in [0.2, 0.25) is 0 Å². The monoisotopic (exact) mass is 318 g/mol. The Morgan fingerprint density at radius 3 is 3.13 bits per heavy atom. The minimum atomic E-state index is -0.261. The summed E-state index contributed by atoms with van der Waals surface area (Å²) in [6.45, 7) is 3.68. The molecule has 0 unspecified atom stereocenters. The second kappa shape index (κ2) is 6.91. The van der Waals surface area contributed by atoms with Gasteiger partial charge in [0.25, 0.3) is 0 Å². The number of ether oxygens (including phenoxy) is 1. The third kappa shape index (κ3) is 3.76. The normalized spacial score (nSPS) is 18.3. The number of rotatable bonds is 5. The summed E-state index contributed by atoms with van der Waals surface area (Å²) in [6, 6.07) is 0. The van der Waals surface area contributed by atoms with Crippen molar-refractivity contribution < 1.29 is 9.53 Å². The van der Waals surface area contributed by atoms with Crippen LogP contribution in [0.5, 0.6) is 0 Å². The Bertz CT molecular complexity index is 664. The van der Waals surface area contributed by atoms with Crippen LogP contribution in [0.4, 0.5) is 0 Å². The summed E-state index contributed by atoms with van der Waals surface area (Å²) in [7, 11) is 1.84. The first-order valence-corrected chi connectivity index (χ1v) is 7.93. The molecule has 0 saturated carbocycles. The molecule has 2 aromatic rings. The molecule has 1 aliphatic heterocycles. The van der Waals surface area contributed by atoms with Crippen LogP contribution < -0.4 is 0 Å². The minimum absolute atomic E-state index is 0.0793. The van der Waals surface area contributed by atoms with E-state index in [1.54, 1.807) is 10.9 Å². The Morgan fingerprint density at radius 1 is 1.52 bits per heavy atom. The van der Waals surface area contributed by atoms with Gasteiger partial charge in [-0.3, -0.25) is 14.6 Å². The lowest BCUT2D eigenvalue weighted by molar-refractivity contribution is -0.138. The van der Waals surface area contributed by atoms with Gasteiger partial charge in [-0.2, -0.15) is 10.2 Å². The maximum atomic E-state index is 12.4. The zero-order chi connectivity index (χ0) is 16.2. The number of morpholine rings is 1. The summed E-state index contributed by atoms with van der Waals surface area (Å²) in [6.07, 6.45) is 5.56. The van der Waals surface area contributed by atoms with Crippen LogP contribution in [0.3, 0.4) is 0 Å². The fourth-order valence-electron chi connectivity index (χ4n) is 2.68. The molecule has 3 rings (SSSR count). The molecule has 2 aromatic heterocycles. The van der Waals surface area contributed by atoms with Crippen LogP contribution in [-0.4, -0.2) is 55.5 Å². The van der Waals surface area contributed by atoms with Gasteiger partial charge in [-0.15, -0.1) is 0 Å². The number of amides is 1. The summed E-state index contributed by atoms with van der Waals surface area (Å²) >= 11 is 0. The number of aryl methyl sites for hydroxylation is 2. The van der Waals surface area contributed by atoms with Gasteiger partial charge in [-0.1, -0.05) is 6.92 Å². The third-order valence-electron chi connectivity index (χ3n) is 3.86. The number of carbonyl (C=O) groups excluding carboxylic acids is 1. The van der Waals surface area contributed by atoms with Gasteiger partial charge >= 0.3 is 0 Å². The smallest absolute Gasteiger partial charge is 0.227 e. The first-order chi connectivity index (χ1) is 11.2. The minimum Gasteiger partial charge on any atom is -0.366 e. The first-order valence-electron chi connectivity index (χ1n) is 7.93. The van der Waals surface area contributed by atoms with Gasteiger partial charge in [0, 0.05) is 26.2 Å². The standard InChI is InChI=1S/C15H22N6O2/c1-3-4-13-17-15(19-18-13)12-10-21(5-6-23-12)14(22)7-11-8-16-20(2)9-11/h8-9,12H,3-7,10H2,1-2H3,(H,17,18,19)/t12-/m1/s1. The Hall–Kier alpha value is -2.22. The third-order valence-corrected chi connectivity index (χ3v) is 3.86. The highest BCUT2D eigenvalue weighted by Crippen LogP contribution is 2.20. The van der Waals surface area contributed by atoms with E-state index in [9.17, 15) is 4.79 Å². The van der Waals surface area contributed by atoms with Crippen molar-refractivity contribution in [2.24, 2.45) is 7.05 Å². The molecular weight excluding hydrogens is 296 g/mol. The Kier molecular flexibility index (Phi) is 4.71. The summed E-state index contributed by atoms with van der Waals surface area (Å²) in [5.41, 5.74) is 0.920. The maximum absolute atomic E-state index is 12.4. The molecule has 1 amide bonds. The van der Waals surface area contributed by atoms with Gasteiger partial charge in [-0.05, 0) is 12.0 Å². The molecule has 1 saturated heterocycles. The largest absolute Gasteiger partial charge is 0.366 e. The summed E-state index contributed by atoms with van der Waals surface area (Å²) < 4.78 is 7.44. The van der Waals surface area contributed by atoms with Crippen LogP contribution in [0.15, 0.2) is 12.4 Å². The molecule has 124 valence electrons. The molecule has 1 aliphatic rings. The van der Waals surface area contributed by atoms with Crippen molar-refractivity contribution in [3.05, 3.63) is 29.6 Å². The van der Waals surface area contributed by atoms with Crippen molar-refractivity contribution in [1.82, 2.24) is 29.9 Å². The summed E-state index contributed by atoms with van der Waals surface area (Å²) in [5.74, 6) is 1.58. The second-order valence-corrected chi connectivity index (χ2v) is 5.79. The van der Waals surface area contributed by atoms with Crippen LogP contribution in [0, 0.1) is 0 Å². The van der Waals surface area contributed by atoms with Gasteiger partial charge in [0.1, 0.15) is 11.9 Å². The number of hydrogen-bond acceptors (Lipinski definition) is 5. The molecule has 0 spiro atoms. The van der Waals surface area contributed by atoms with Gasteiger partial charge in [0.2, 0.25) is 5.91 Å². The van der Waals surface area contributed by atoms with Crippen molar-refractivity contribution in [2.45, 2.75) is 32.3 Å². The van der Waals surface area contributed by atoms with E-state index >= 15 is 0 Å². The predicted molar refractivity (Wildman–Crippen MR) is 82.6 cm³/mol. The highest BCUT2D eigenvalue weighted by Gasteiger charge is 2.28. The van der Waals surface area contributed by atoms with Crippen LogP contribution in [-0.2, 0) is 29.4 Å². The van der Waals surface area contributed by atoms with Gasteiger partial charge in [0.05, 0.1) is 25.8 Å². The van der Waals surface area contributed by atoms with E-state index in [2.05, 4.69) is 27.2 Å². The molecule has 8 nitrogen and oxygen atoms in total. The highest BCUT2D eigenvalue weighted by atomic mass is 16.5. The Morgan fingerprint density at radius 2 is 2.39 bits per heavy atom. The lowest BCUT2D eigenvalue weighted by Crippen LogP contribution is -2.43. The molecule has 0 aliphatic carbocycles. The number of nitrogens with zero attached hydrogens (tertiary/aromatic N) is 5. The van der Waals surface area contributed by atoms with Crippen LogP contribution >= 0.6 is 0 Å². The average Bonchev–Trinajstić information content (AvgIpc) is 3.17. The van der Waals surface area contributed by atoms with E-state index in [0.717, 1.165) is 24.2 Å². The average molecular weight is 318 g/mol. The first kappa shape index (κ1) is 15.7. The Balaban J connectivity index is 1.61. The number of nitrogens with one attached hydrogen (secondary N) is 1. The molecule has 23 heavy (non-hydrogen) atoms. The SMILES string of the molecule is CCCc1nc([C@H]2CN(C(=O)Cc3cnn(C)c3)CCO2)n[nH]1. The fourth-order valence-corrected chi connectivity index (χ4v) is 2.68. The molecule has 1 N–H and O–H groups in total. The van der Waals surface area contributed by atoms with Crippen molar-refractivity contribution >= 4 is 5.91 Å². The van der Waals surface area contributed by atoms with Crippen LogP contribution in [0.1, 0.15) is 36.7 Å². The molecule has 1 atom stereocenters. The van der Waals surface area contributed by atoms with Crippen molar-refractivity contribution in [1.29, 1.82) is 0 Å². The van der Waals surface area contributed by atoms with Gasteiger partial charge in [-0.25, -0.2) is 4.98 Å². The number of H-pyrrole nitrogens is 1. The fraction of sp³-hybridized carbons (Fsp3) is 0.600. The predicted octanol–water partition coefficient (Wildman–Crippen LogP) is 0.633. The van der Waals surface area contributed by atoms with Gasteiger partial charge in [0.15, 0.2) is 5.82 Å². The van der Waals surface area contributed by atoms with Crippen molar-refractivity contribution in [2.75, 3.05) is 19.7 Å². The molecule has 8 heteroatoms. The lowest BCUT2D eigenvalue weighted by Gasteiger charge is -2.31.